The zero-order valence-corrected chi connectivity index (χ0v) is 21.5. The molecule has 2 atom stereocenters. The van der Waals surface area contributed by atoms with Crippen molar-refractivity contribution in [3.8, 4) is 0 Å². The van der Waals surface area contributed by atoms with Gasteiger partial charge in [0.05, 0.1) is 29.4 Å². The standard InChI is InChI=1S/C30H24F4N4O3/c1-2-16-37-23-17-38(26(18-8-4-3-5-9-18)27(39)35-20-14-12-19(31)13-15-20)28(40)24(23)25(36-29(37)41)21-10-6-7-11-22(21)30(32,33)34/h2-15,25-26H,1,16-17H2,(H,35,39)(H,36,41). The van der Waals surface area contributed by atoms with E-state index in [0.29, 0.717) is 5.56 Å². The van der Waals surface area contributed by atoms with Gasteiger partial charge in [-0.05, 0) is 41.5 Å². The van der Waals surface area contributed by atoms with Gasteiger partial charge in [0.1, 0.15) is 11.9 Å². The van der Waals surface area contributed by atoms with Crippen molar-refractivity contribution in [1.82, 2.24) is 15.1 Å². The number of anilines is 1. The lowest BCUT2D eigenvalue weighted by atomic mass is 9.91. The summed E-state index contributed by atoms with van der Waals surface area (Å²) in [6.07, 6.45) is -3.32. The van der Waals surface area contributed by atoms with Crippen molar-refractivity contribution in [2.75, 3.05) is 18.4 Å². The van der Waals surface area contributed by atoms with Crippen molar-refractivity contribution < 1.29 is 31.9 Å². The molecule has 4 amide bonds. The Morgan fingerprint density at radius 2 is 1.68 bits per heavy atom. The van der Waals surface area contributed by atoms with Gasteiger partial charge < -0.3 is 15.5 Å². The number of rotatable bonds is 7. The third-order valence-electron chi connectivity index (χ3n) is 6.93. The molecule has 0 saturated heterocycles. The van der Waals surface area contributed by atoms with Crippen LogP contribution in [0.3, 0.4) is 0 Å². The highest BCUT2D eigenvalue weighted by atomic mass is 19.4. The SMILES string of the molecule is C=CCN1C(=O)NC(c2ccccc2C(F)(F)F)C2=C1CN(C(C(=O)Nc1ccc(F)cc1)c1ccccc1)C2=O. The minimum atomic E-state index is -4.75. The van der Waals surface area contributed by atoms with E-state index in [0.717, 1.165) is 6.07 Å². The maximum atomic E-state index is 14.1. The van der Waals surface area contributed by atoms with Gasteiger partial charge in [0, 0.05) is 12.2 Å². The Kier molecular flexibility index (Phi) is 7.36. The Morgan fingerprint density at radius 1 is 1.02 bits per heavy atom. The third-order valence-corrected chi connectivity index (χ3v) is 6.93. The summed E-state index contributed by atoms with van der Waals surface area (Å²) in [7, 11) is 0. The quantitative estimate of drug-likeness (QED) is 0.291. The van der Waals surface area contributed by atoms with Crippen molar-refractivity contribution in [3.05, 3.63) is 125 Å². The van der Waals surface area contributed by atoms with E-state index >= 15 is 0 Å². The Balaban J connectivity index is 1.59. The van der Waals surface area contributed by atoms with Gasteiger partial charge >= 0.3 is 12.2 Å². The highest BCUT2D eigenvalue weighted by Gasteiger charge is 2.49. The van der Waals surface area contributed by atoms with Crippen molar-refractivity contribution >= 4 is 23.5 Å². The minimum absolute atomic E-state index is 0.0167. The minimum Gasteiger partial charge on any atom is -0.326 e. The molecule has 0 spiro atoms. The summed E-state index contributed by atoms with van der Waals surface area (Å²) in [4.78, 5) is 43.4. The first-order valence-corrected chi connectivity index (χ1v) is 12.6. The highest BCUT2D eigenvalue weighted by molar-refractivity contribution is 6.05. The van der Waals surface area contributed by atoms with Gasteiger partial charge in [-0.3, -0.25) is 14.5 Å². The fraction of sp³-hybridized carbons (Fsp3) is 0.167. The maximum Gasteiger partial charge on any atom is 0.416 e. The lowest BCUT2D eigenvalue weighted by Crippen LogP contribution is -2.47. The van der Waals surface area contributed by atoms with Gasteiger partial charge in [-0.25, -0.2) is 9.18 Å². The van der Waals surface area contributed by atoms with E-state index in [2.05, 4.69) is 17.2 Å². The lowest BCUT2D eigenvalue weighted by molar-refractivity contribution is -0.138. The number of alkyl halides is 3. The molecule has 0 saturated carbocycles. The van der Waals surface area contributed by atoms with Gasteiger partial charge in [0.15, 0.2) is 0 Å². The largest absolute Gasteiger partial charge is 0.416 e. The number of nitrogens with one attached hydrogen (secondary N) is 2. The summed E-state index contributed by atoms with van der Waals surface area (Å²) >= 11 is 0. The van der Waals surface area contributed by atoms with Crippen LogP contribution in [0.4, 0.5) is 28.0 Å². The van der Waals surface area contributed by atoms with Crippen LogP contribution >= 0.6 is 0 Å². The van der Waals surface area contributed by atoms with Gasteiger partial charge in [-0.2, -0.15) is 13.2 Å². The number of urea groups is 1. The second-order valence-electron chi connectivity index (χ2n) is 9.47. The number of hydrogen-bond acceptors (Lipinski definition) is 3. The number of carbonyl (C=O) groups excluding carboxylic acids is 3. The lowest BCUT2D eigenvalue weighted by Gasteiger charge is -2.33. The molecule has 0 bridgehead atoms. The number of nitrogens with zero attached hydrogens (tertiary/aromatic N) is 2. The number of benzene rings is 3. The summed E-state index contributed by atoms with van der Waals surface area (Å²) in [6.45, 7) is 3.40. The molecule has 5 rings (SSSR count). The van der Waals surface area contributed by atoms with Gasteiger partial charge in [-0.1, -0.05) is 54.6 Å². The second kappa shape index (κ2) is 10.9. The molecule has 210 valence electrons. The first-order chi connectivity index (χ1) is 19.6. The van der Waals surface area contributed by atoms with E-state index in [9.17, 15) is 31.9 Å². The molecule has 2 aliphatic heterocycles. The van der Waals surface area contributed by atoms with Crippen LogP contribution in [0, 0.1) is 5.82 Å². The third kappa shape index (κ3) is 5.30. The highest BCUT2D eigenvalue weighted by Crippen LogP contribution is 2.43. The molecule has 2 N–H and O–H groups in total. The van der Waals surface area contributed by atoms with Crippen molar-refractivity contribution in [2.45, 2.75) is 18.3 Å². The van der Waals surface area contributed by atoms with Crippen LogP contribution in [0.25, 0.3) is 0 Å². The monoisotopic (exact) mass is 564 g/mol. The molecule has 0 aliphatic carbocycles. The smallest absolute Gasteiger partial charge is 0.326 e. The number of hydrogen-bond donors (Lipinski definition) is 2. The molecule has 0 radical (unpaired) electrons. The molecule has 3 aromatic carbocycles. The van der Waals surface area contributed by atoms with E-state index in [1.807, 2.05) is 0 Å². The molecular weight excluding hydrogens is 540 g/mol. The zero-order chi connectivity index (χ0) is 29.3. The first-order valence-electron chi connectivity index (χ1n) is 12.6. The summed E-state index contributed by atoms with van der Waals surface area (Å²) in [5, 5.41) is 5.24. The first kappa shape index (κ1) is 27.6. The van der Waals surface area contributed by atoms with Crippen molar-refractivity contribution in [1.29, 1.82) is 0 Å². The van der Waals surface area contributed by atoms with Crippen LogP contribution in [-0.4, -0.2) is 40.7 Å². The van der Waals surface area contributed by atoms with Gasteiger partial charge in [0.25, 0.3) is 11.8 Å². The zero-order valence-electron chi connectivity index (χ0n) is 21.5. The number of carbonyl (C=O) groups is 3. The average molecular weight is 565 g/mol. The fourth-order valence-corrected chi connectivity index (χ4v) is 5.14. The number of amides is 4. The molecule has 0 fully saturated rings. The normalized spacial score (nSPS) is 17.7. The Labute approximate surface area is 232 Å². The number of halogens is 4. The fourth-order valence-electron chi connectivity index (χ4n) is 5.14. The average Bonchev–Trinajstić information content (AvgIpc) is 3.28. The molecule has 2 unspecified atom stereocenters. The molecule has 11 heteroatoms. The summed E-state index contributed by atoms with van der Waals surface area (Å²) < 4.78 is 55.4. The van der Waals surface area contributed by atoms with Crippen LogP contribution in [0.1, 0.15) is 28.8 Å². The van der Waals surface area contributed by atoms with E-state index in [-0.39, 0.29) is 35.6 Å². The van der Waals surface area contributed by atoms with Crippen LogP contribution in [0.15, 0.2) is 103 Å². The van der Waals surface area contributed by atoms with Crippen LogP contribution < -0.4 is 10.6 Å². The Morgan fingerprint density at radius 3 is 2.34 bits per heavy atom. The summed E-state index contributed by atoms with van der Waals surface area (Å²) in [5.74, 6) is -1.84. The van der Waals surface area contributed by atoms with Crippen molar-refractivity contribution in [3.63, 3.8) is 0 Å². The van der Waals surface area contributed by atoms with Crippen LogP contribution in [0.5, 0.6) is 0 Å². The van der Waals surface area contributed by atoms with E-state index in [1.165, 1.54) is 58.3 Å². The second-order valence-corrected chi connectivity index (χ2v) is 9.47. The predicted molar refractivity (Wildman–Crippen MR) is 143 cm³/mol. The van der Waals surface area contributed by atoms with Gasteiger partial charge in [0.2, 0.25) is 0 Å². The van der Waals surface area contributed by atoms with Gasteiger partial charge in [-0.15, -0.1) is 6.58 Å². The molecular formula is C30H24F4N4O3. The Hall–Kier alpha value is -4.93. The topological polar surface area (TPSA) is 81.8 Å². The van der Waals surface area contributed by atoms with E-state index in [1.54, 1.807) is 30.3 Å². The molecule has 0 aromatic heterocycles. The van der Waals surface area contributed by atoms with Crippen LogP contribution in [-0.2, 0) is 15.8 Å². The maximum absolute atomic E-state index is 14.1. The molecule has 41 heavy (non-hydrogen) atoms. The summed E-state index contributed by atoms with van der Waals surface area (Å²) in [6, 6.07) is 14.8. The van der Waals surface area contributed by atoms with E-state index in [4.69, 9.17) is 0 Å². The van der Waals surface area contributed by atoms with Crippen molar-refractivity contribution in [2.24, 2.45) is 0 Å². The van der Waals surface area contributed by atoms with Crippen LogP contribution in [0.2, 0.25) is 0 Å². The molecule has 2 aliphatic rings. The Bertz CT molecular complexity index is 1540. The molecule has 3 aromatic rings. The predicted octanol–water partition coefficient (Wildman–Crippen LogP) is 5.57. The van der Waals surface area contributed by atoms with E-state index < -0.39 is 47.5 Å². The molecule has 2 heterocycles. The summed E-state index contributed by atoms with van der Waals surface area (Å²) in [5.41, 5.74) is -0.462. The molecule has 7 nitrogen and oxygen atoms in total.